The van der Waals surface area contributed by atoms with Gasteiger partial charge in [-0.1, -0.05) is 0 Å². The van der Waals surface area contributed by atoms with Crippen molar-refractivity contribution in [2.75, 3.05) is 28.4 Å². The average Bonchev–Trinajstić information content (AvgIpc) is 2.77. The van der Waals surface area contributed by atoms with Gasteiger partial charge >= 0.3 is 0 Å². The van der Waals surface area contributed by atoms with Crippen LogP contribution in [0.25, 0.3) is 21.8 Å². The number of rotatable bonds is 6. The Morgan fingerprint density at radius 1 is 0.800 bits per heavy atom. The highest BCUT2D eigenvalue weighted by molar-refractivity contribution is 5.83. The molecule has 0 bridgehead atoms. The molecule has 8 nitrogen and oxygen atoms in total. The summed E-state index contributed by atoms with van der Waals surface area (Å²) in [5, 5.41) is 1.34. The highest BCUT2D eigenvalue weighted by Gasteiger charge is 2.12. The molecule has 4 rings (SSSR count). The number of methoxy groups -OCH3 is 4. The molecule has 154 valence electrons. The van der Waals surface area contributed by atoms with Crippen LogP contribution in [-0.4, -0.2) is 43.4 Å². The van der Waals surface area contributed by atoms with Gasteiger partial charge in [0.15, 0.2) is 23.0 Å². The van der Waals surface area contributed by atoms with Gasteiger partial charge in [-0.05, 0) is 23.8 Å². The van der Waals surface area contributed by atoms with Gasteiger partial charge in [0.1, 0.15) is 5.82 Å². The Labute approximate surface area is 172 Å². The van der Waals surface area contributed by atoms with Crippen LogP contribution in [0.2, 0.25) is 0 Å². The minimum Gasteiger partial charge on any atom is -0.493 e. The summed E-state index contributed by atoms with van der Waals surface area (Å²) in [7, 11) is 6.25. The number of pyridine rings is 1. The van der Waals surface area contributed by atoms with E-state index in [4.69, 9.17) is 18.9 Å². The van der Waals surface area contributed by atoms with E-state index in [1.54, 1.807) is 39.7 Å². The standard InChI is InChI=1S/C22H21N3O5/c1-27-17-7-13-5-12(11-23-15(13)9-19(17)29-3)6-21-24-16-10-20(30-4)18(28-2)8-14(16)22(26)25-21/h5,7-11H,6H2,1-4H3,(H,24,25,26). The topological polar surface area (TPSA) is 95.6 Å². The third-order valence-corrected chi connectivity index (χ3v) is 4.87. The minimum atomic E-state index is -0.240. The number of hydrogen-bond donors (Lipinski definition) is 1. The molecule has 0 aliphatic rings. The number of nitrogens with zero attached hydrogens (tertiary/aromatic N) is 2. The molecule has 0 aliphatic heterocycles. The lowest BCUT2D eigenvalue weighted by atomic mass is 10.1. The van der Waals surface area contributed by atoms with Gasteiger partial charge in [-0.15, -0.1) is 0 Å². The monoisotopic (exact) mass is 407 g/mol. The molecule has 30 heavy (non-hydrogen) atoms. The maximum Gasteiger partial charge on any atom is 0.258 e. The Kier molecular flexibility index (Phi) is 5.14. The molecule has 0 saturated heterocycles. The molecule has 2 aromatic carbocycles. The number of ether oxygens (including phenoxy) is 4. The first-order valence-electron chi connectivity index (χ1n) is 9.22. The average molecular weight is 407 g/mol. The number of aromatic amines is 1. The molecule has 0 amide bonds. The zero-order chi connectivity index (χ0) is 21.3. The summed E-state index contributed by atoms with van der Waals surface area (Å²) in [5.41, 5.74) is 1.98. The summed E-state index contributed by atoms with van der Waals surface area (Å²) < 4.78 is 21.3. The van der Waals surface area contributed by atoms with Gasteiger partial charge in [-0.3, -0.25) is 9.78 Å². The molecule has 0 radical (unpaired) electrons. The van der Waals surface area contributed by atoms with E-state index in [0.717, 1.165) is 16.5 Å². The molecule has 0 unspecified atom stereocenters. The Bertz CT molecular complexity index is 1300. The first-order valence-corrected chi connectivity index (χ1v) is 9.22. The zero-order valence-electron chi connectivity index (χ0n) is 17.1. The van der Waals surface area contributed by atoms with E-state index < -0.39 is 0 Å². The van der Waals surface area contributed by atoms with Crippen molar-refractivity contribution >= 4 is 21.8 Å². The van der Waals surface area contributed by atoms with E-state index >= 15 is 0 Å². The fourth-order valence-electron chi connectivity index (χ4n) is 3.39. The van der Waals surface area contributed by atoms with Crippen LogP contribution in [0.3, 0.4) is 0 Å². The molecule has 8 heteroatoms. The van der Waals surface area contributed by atoms with Crippen molar-refractivity contribution < 1.29 is 18.9 Å². The third-order valence-electron chi connectivity index (χ3n) is 4.87. The van der Waals surface area contributed by atoms with Gasteiger partial charge in [-0.2, -0.15) is 0 Å². The van der Waals surface area contributed by atoms with Crippen LogP contribution in [0.15, 0.2) is 41.3 Å². The quantitative estimate of drug-likeness (QED) is 0.525. The van der Waals surface area contributed by atoms with Gasteiger partial charge < -0.3 is 23.9 Å². The lowest BCUT2D eigenvalue weighted by Gasteiger charge is -2.10. The van der Waals surface area contributed by atoms with Crippen molar-refractivity contribution in [3.05, 3.63) is 58.3 Å². The number of fused-ring (bicyclic) bond motifs is 2. The minimum absolute atomic E-state index is 0.240. The second-order valence-electron chi connectivity index (χ2n) is 6.66. The van der Waals surface area contributed by atoms with E-state index in [-0.39, 0.29) is 5.56 Å². The number of aromatic nitrogens is 3. The van der Waals surface area contributed by atoms with Crippen molar-refractivity contribution in [3.8, 4) is 23.0 Å². The molecule has 1 N–H and O–H groups in total. The molecule has 0 saturated carbocycles. The summed E-state index contributed by atoms with van der Waals surface area (Å²) in [5.74, 6) is 2.77. The van der Waals surface area contributed by atoms with Crippen LogP contribution >= 0.6 is 0 Å². The first-order chi connectivity index (χ1) is 14.6. The lowest BCUT2D eigenvalue weighted by Crippen LogP contribution is -2.12. The van der Waals surface area contributed by atoms with Crippen molar-refractivity contribution in [2.45, 2.75) is 6.42 Å². The molecule has 0 atom stereocenters. The van der Waals surface area contributed by atoms with Crippen molar-refractivity contribution in [1.29, 1.82) is 0 Å². The van der Waals surface area contributed by atoms with E-state index in [2.05, 4.69) is 15.0 Å². The Morgan fingerprint density at radius 3 is 2.07 bits per heavy atom. The van der Waals surface area contributed by atoms with E-state index in [1.165, 1.54) is 7.11 Å². The first kappa shape index (κ1) is 19.5. The highest BCUT2D eigenvalue weighted by atomic mass is 16.5. The predicted octanol–water partition coefficient (Wildman–Crippen LogP) is 3.10. The van der Waals surface area contributed by atoms with Crippen LogP contribution in [0.1, 0.15) is 11.4 Å². The van der Waals surface area contributed by atoms with Gasteiger partial charge in [-0.25, -0.2) is 4.98 Å². The Balaban J connectivity index is 1.74. The molecular formula is C22H21N3O5. The predicted molar refractivity (Wildman–Crippen MR) is 113 cm³/mol. The SMILES string of the molecule is COc1cc2cc(Cc3nc4cc(OC)c(OC)cc4c(=O)[nH]3)cnc2cc1OC. The molecular weight excluding hydrogens is 386 g/mol. The molecule has 4 aromatic rings. The fourth-order valence-corrected chi connectivity index (χ4v) is 3.39. The molecule has 2 aromatic heterocycles. The van der Waals surface area contributed by atoms with Gasteiger partial charge in [0, 0.05) is 30.1 Å². The van der Waals surface area contributed by atoms with Crippen molar-refractivity contribution in [2.24, 2.45) is 0 Å². The van der Waals surface area contributed by atoms with Crippen LogP contribution < -0.4 is 24.5 Å². The van der Waals surface area contributed by atoms with Crippen LogP contribution in [-0.2, 0) is 6.42 Å². The maximum absolute atomic E-state index is 12.6. The Morgan fingerprint density at radius 2 is 1.40 bits per heavy atom. The second-order valence-corrected chi connectivity index (χ2v) is 6.66. The second kappa shape index (κ2) is 7.90. The normalized spacial score (nSPS) is 10.9. The maximum atomic E-state index is 12.6. The summed E-state index contributed by atoms with van der Waals surface area (Å²) in [4.78, 5) is 24.5. The number of H-pyrrole nitrogens is 1. The number of benzene rings is 2. The van der Waals surface area contributed by atoms with E-state index in [0.29, 0.717) is 46.1 Å². The smallest absolute Gasteiger partial charge is 0.258 e. The number of nitrogens with one attached hydrogen (secondary N) is 1. The summed E-state index contributed by atoms with van der Waals surface area (Å²) in [6.45, 7) is 0. The molecule has 2 heterocycles. The van der Waals surface area contributed by atoms with Crippen LogP contribution in [0.5, 0.6) is 23.0 Å². The largest absolute Gasteiger partial charge is 0.493 e. The summed E-state index contributed by atoms with van der Waals surface area (Å²) in [6, 6.07) is 9.01. The molecule has 0 aliphatic carbocycles. The van der Waals surface area contributed by atoms with Gasteiger partial charge in [0.25, 0.3) is 5.56 Å². The third kappa shape index (κ3) is 3.47. The van der Waals surface area contributed by atoms with Gasteiger partial charge in [0.05, 0.1) is 44.9 Å². The van der Waals surface area contributed by atoms with Gasteiger partial charge in [0.2, 0.25) is 0 Å². The lowest BCUT2D eigenvalue weighted by molar-refractivity contribution is 0.355. The number of hydrogen-bond acceptors (Lipinski definition) is 7. The zero-order valence-corrected chi connectivity index (χ0v) is 17.1. The van der Waals surface area contributed by atoms with Crippen molar-refractivity contribution in [3.63, 3.8) is 0 Å². The van der Waals surface area contributed by atoms with E-state index in [1.807, 2.05) is 18.2 Å². The summed E-state index contributed by atoms with van der Waals surface area (Å²) >= 11 is 0. The fraction of sp³-hybridized carbons (Fsp3) is 0.227. The summed E-state index contributed by atoms with van der Waals surface area (Å²) in [6.07, 6.45) is 2.17. The van der Waals surface area contributed by atoms with E-state index in [9.17, 15) is 4.79 Å². The Hall–Kier alpha value is -3.81. The molecule has 0 fully saturated rings. The van der Waals surface area contributed by atoms with Crippen LogP contribution in [0.4, 0.5) is 0 Å². The van der Waals surface area contributed by atoms with Crippen LogP contribution in [0, 0.1) is 0 Å². The highest BCUT2D eigenvalue weighted by Crippen LogP contribution is 2.32. The molecule has 0 spiro atoms. The van der Waals surface area contributed by atoms with Crippen molar-refractivity contribution in [1.82, 2.24) is 15.0 Å².